The topological polar surface area (TPSA) is 74.6 Å². The highest BCUT2D eigenvalue weighted by atomic mass is 79.9. The summed E-state index contributed by atoms with van der Waals surface area (Å²) in [7, 11) is 0. The molecule has 0 aromatic heterocycles. The summed E-state index contributed by atoms with van der Waals surface area (Å²) in [6, 6.07) is 0. The molecule has 0 radical (unpaired) electrons. The summed E-state index contributed by atoms with van der Waals surface area (Å²) < 4.78 is 0. The van der Waals surface area contributed by atoms with Gasteiger partial charge < -0.3 is 10.2 Å². The molecule has 0 saturated heterocycles. The lowest BCUT2D eigenvalue weighted by Crippen LogP contribution is -2.46. The average molecular weight is 344 g/mol. The number of hydrogen-bond acceptors (Lipinski definition) is 2. The van der Waals surface area contributed by atoms with Crippen molar-refractivity contribution >= 4 is 43.8 Å². The molecule has 1 aliphatic carbocycles. The summed E-state index contributed by atoms with van der Waals surface area (Å²) in [5.74, 6) is -3.89. The molecule has 2 N–H and O–H groups in total. The molecule has 1 rings (SSSR count). The second kappa shape index (κ2) is 4.82. The zero-order valence-electron chi connectivity index (χ0n) is 8.06. The van der Waals surface area contributed by atoms with Crippen molar-refractivity contribution in [3.63, 3.8) is 0 Å². The largest absolute Gasteiger partial charge is 0.481 e. The minimum atomic E-state index is -1.03. The van der Waals surface area contributed by atoms with Gasteiger partial charge in [0.05, 0.1) is 11.8 Å². The monoisotopic (exact) mass is 342 g/mol. The Morgan fingerprint density at radius 2 is 1.73 bits per heavy atom. The third-order valence-corrected chi connectivity index (χ3v) is 6.05. The fourth-order valence-corrected chi connectivity index (χ4v) is 3.49. The Hall–Kier alpha value is -0.100. The lowest BCUT2D eigenvalue weighted by molar-refractivity contribution is -0.157. The predicted octanol–water partition coefficient (Wildman–Crippen LogP) is 1.95. The van der Waals surface area contributed by atoms with E-state index < -0.39 is 23.8 Å². The Kier molecular flexibility index (Phi) is 4.17. The van der Waals surface area contributed by atoms with Crippen molar-refractivity contribution in [3.05, 3.63) is 0 Å². The van der Waals surface area contributed by atoms with Gasteiger partial charge in [0.1, 0.15) is 0 Å². The maximum absolute atomic E-state index is 11.0. The number of carbonyl (C=O) groups is 2. The van der Waals surface area contributed by atoms with Crippen molar-refractivity contribution in [2.45, 2.75) is 23.0 Å². The molecular formula is C9H12Br2O4. The summed E-state index contributed by atoms with van der Waals surface area (Å²) in [5.41, 5.74) is 0. The minimum Gasteiger partial charge on any atom is -0.481 e. The molecular weight excluding hydrogens is 332 g/mol. The molecule has 1 fully saturated rings. The van der Waals surface area contributed by atoms with Crippen LogP contribution in [0.15, 0.2) is 0 Å². The van der Waals surface area contributed by atoms with Crippen LogP contribution in [-0.2, 0) is 9.59 Å². The maximum atomic E-state index is 11.0. The Labute approximate surface area is 104 Å². The zero-order valence-corrected chi connectivity index (χ0v) is 11.2. The van der Waals surface area contributed by atoms with E-state index in [4.69, 9.17) is 10.2 Å². The molecule has 1 saturated carbocycles. The Morgan fingerprint density at radius 1 is 1.20 bits per heavy atom. The van der Waals surface area contributed by atoms with E-state index in [-0.39, 0.29) is 15.6 Å². The molecule has 0 spiro atoms. The molecule has 0 heterocycles. The Bertz CT molecular complexity index is 281. The van der Waals surface area contributed by atoms with Crippen molar-refractivity contribution in [2.75, 3.05) is 0 Å². The molecule has 1 aliphatic rings. The lowest BCUT2D eigenvalue weighted by Gasteiger charge is -2.38. The maximum Gasteiger partial charge on any atom is 0.307 e. The first-order valence-corrected chi connectivity index (χ1v) is 6.43. The van der Waals surface area contributed by atoms with Crippen LogP contribution in [0.2, 0.25) is 0 Å². The summed E-state index contributed by atoms with van der Waals surface area (Å²) in [6.07, 6.45) is 0.340. The van der Waals surface area contributed by atoms with Crippen molar-refractivity contribution in [2.24, 2.45) is 17.8 Å². The zero-order chi connectivity index (χ0) is 11.7. The van der Waals surface area contributed by atoms with Gasteiger partial charge in [-0.05, 0) is 12.3 Å². The summed E-state index contributed by atoms with van der Waals surface area (Å²) >= 11 is 6.78. The Balaban J connectivity index is 2.96. The van der Waals surface area contributed by atoms with Crippen molar-refractivity contribution < 1.29 is 19.8 Å². The van der Waals surface area contributed by atoms with Gasteiger partial charge in [0.25, 0.3) is 0 Å². The number of hydrogen-bond donors (Lipinski definition) is 2. The molecule has 6 heteroatoms. The lowest BCUT2D eigenvalue weighted by atomic mass is 9.72. The first-order chi connectivity index (χ1) is 6.86. The van der Waals surface area contributed by atoms with Crippen LogP contribution in [0.25, 0.3) is 0 Å². The minimum absolute atomic E-state index is 0.00389. The van der Waals surface area contributed by atoms with Gasteiger partial charge in [-0.3, -0.25) is 9.59 Å². The SMILES string of the molecule is C[C@H]1[C@H](Br)[C@@H](Br)C[C@@H](C(=O)O)[C@@H]1C(=O)O. The molecule has 0 unspecified atom stereocenters. The van der Waals surface area contributed by atoms with Gasteiger partial charge in [0.2, 0.25) is 0 Å². The standard InChI is InChI=1S/C9H12Br2O4/c1-3-6(9(14)15)4(8(12)13)2-5(10)7(3)11/h3-7H,2H2,1H3,(H,12,13)(H,14,15)/t3-,4-,5+,6-,7+/m1/s1. The van der Waals surface area contributed by atoms with Crippen LogP contribution < -0.4 is 0 Å². The molecule has 0 aromatic rings. The van der Waals surface area contributed by atoms with E-state index >= 15 is 0 Å². The summed E-state index contributed by atoms with van der Waals surface area (Å²) in [6.45, 7) is 1.77. The second-order valence-electron chi connectivity index (χ2n) is 3.86. The van der Waals surface area contributed by atoms with E-state index in [9.17, 15) is 9.59 Å². The molecule has 0 aliphatic heterocycles. The van der Waals surface area contributed by atoms with Crippen LogP contribution in [0.5, 0.6) is 0 Å². The summed E-state index contributed by atoms with van der Waals surface area (Å²) in [5, 5.41) is 18.0. The normalized spacial score (nSPS) is 41.1. The van der Waals surface area contributed by atoms with Gasteiger partial charge >= 0.3 is 11.9 Å². The fraction of sp³-hybridized carbons (Fsp3) is 0.778. The van der Waals surface area contributed by atoms with Gasteiger partial charge in [-0.2, -0.15) is 0 Å². The number of rotatable bonds is 2. The number of carboxylic acid groups (broad SMARTS) is 2. The van der Waals surface area contributed by atoms with Crippen molar-refractivity contribution in [3.8, 4) is 0 Å². The van der Waals surface area contributed by atoms with E-state index in [0.29, 0.717) is 6.42 Å². The van der Waals surface area contributed by atoms with Crippen molar-refractivity contribution in [1.29, 1.82) is 0 Å². The van der Waals surface area contributed by atoms with E-state index in [0.717, 1.165) is 0 Å². The van der Waals surface area contributed by atoms with Gasteiger partial charge in [0, 0.05) is 9.65 Å². The van der Waals surface area contributed by atoms with E-state index in [1.165, 1.54) is 0 Å². The fourth-order valence-electron chi connectivity index (χ4n) is 2.06. The van der Waals surface area contributed by atoms with Crippen LogP contribution >= 0.6 is 31.9 Å². The second-order valence-corrected chi connectivity index (χ2v) is 6.10. The van der Waals surface area contributed by atoms with Crippen LogP contribution in [-0.4, -0.2) is 31.8 Å². The molecule has 4 nitrogen and oxygen atoms in total. The quantitative estimate of drug-likeness (QED) is 0.751. The molecule has 0 aromatic carbocycles. The molecule has 0 amide bonds. The van der Waals surface area contributed by atoms with Crippen LogP contribution in [0.1, 0.15) is 13.3 Å². The van der Waals surface area contributed by atoms with Gasteiger partial charge in [-0.25, -0.2) is 0 Å². The van der Waals surface area contributed by atoms with Crippen LogP contribution in [0.4, 0.5) is 0 Å². The first kappa shape index (κ1) is 13.0. The van der Waals surface area contributed by atoms with Crippen LogP contribution in [0, 0.1) is 17.8 Å². The number of alkyl halides is 2. The van der Waals surface area contributed by atoms with Crippen LogP contribution in [0.3, 0.4) is 0 Å². The van der Waals surface area contributed by atoms with Gasteiger partial charge in [-0.15, -0.1) is 0 Å². The van der Waals surface area contributed by atoms with E-state index in [1.807, 2.05) is 0 Å². The molecule has 0 bridgehead atoms. The summed E-state index contributed by atoms with van der Waals surface area (Å²) in [4.78, 5) is 22.0. The third kappa shape index (κ3) is 2.53. The highest BCUT2D eigenvalue weighted by Gasteiger charge is 2.47. The molecule has 5 atom stereocenters. The third-order valence-electron chi connectivity index (χ3n) is 2.93. The van der Waals surface area contributed by atoms with E-state index in [1.54, 1.807) is 6.92 Å². The highest BCUT2D eigenvalue weighted by Crippen LogP contribution is 2.42. The predicted molar refractivity (Wildman–Crippen MR) is 61.5 cm³/mol. The number of halogens is 2. The van der Waals surface area contributed by atoms with E-state index in [2.05, 4.69) is 31.9 Å². The Morgan fingerprint density at radius 3 is 2.13 bits per heavy atom. The highest BCUT2D eigenvalue weighted by molar-refractivity contribution is 9.12. The van der Waals surface area contributed by atoms with Gasteiger partial charge in [-0.1, -0.05) is 38.8 Å². The average Bonchev–Trinajstić information content (AvgIpc) is 2.12. The van der Waals surface area contributed by atoms with Crippen molar-refractivity contribution in [1.82, 2.24) is 0 Å². The smallest absolute Gasteiger partial charge is 0.307 e. The first-order valence-electron chi connectivity index (χ1n) is 4.60. The van der Waals surface area contributed by atoms with Gasteiger partial charge in [0.15, 0.2) is 0 Å². The molecule has 15 heavy (non-hydrogen) atoms. The number of aliphatic carboxylic acids is 2. The molecule has 86 valence electrons. The number of carboxylic acids is 2.